The number of morpholine rings is 1. The molecule has 1 N–H and O–H groups in total. The highest BCUT2D eigenvalue weighted by Gasteiger charge is 2.28. The summed E-state index contributed by atoms with van der Waals surface area (Å²) in [4.78, 5) is 13.9. The number of hydrogen-bond acceptors (Lipinski definition) is 3. The minimum absolute atomic E-state index is 0.0148. The Morgan fingerprint density at radius 2 is 2.00 bits per heavy atom. The molecule has 108 valence electrons. The van der Waals surface area contributed by atoms with Crippen molar-refractivity contribution >= 4 is 5.91 Å². The number of ether oxygens (including phenoxy) is 1. The summed E-state index contributed by atoms with van der Waals surface area (Å²) >= 11 is 0. The van der Waals surface area contributed by atoms with Crippen molar-refractivity contribution < 1.29 is 9.53 Å². The number of nitrogens with one attached hydrogen (secondary N) is 1. The maximum absolute atomic E-state index is 11.6. The van der Waals surface area contributed by atoms with Crippen molar-refractivity contribution in [2.75, 3.05) is 26.3 Å². The molecule has 0 saturated carbocycles. The van der Waals surface area contributed by atoms with Crippen LogP contribution in [0.15, 0.2) is 43.0 Å². The topological polar surface area (TPSA) is 41.6 Å². The summed E-state index contributed by atoms with van der Waals surface area (Å²) in [5.74, 6) is -0.133. The van der Waals surface area contributed by atoms with Gasteiger partial charge in [-0.25, -0.2) is 0 Å². The van der Waals surface area contributed by atoms with Crippen molar-refractivity contribution in [3.63, 3.8) is 0 Å². The van der Waals surface area contributed by atoms with E-state index in [-0.39, 0.29) is 18.0 Å². The van der Waals surface area contributed by atoms with Crippen LogP contribution in [-0.2, 0) is 9.53 Å². The van der Waals surface area contributed by atoms with Crippen LogP contribution in [0.5, 0.6) is 0 Å². The normalized spacial score (nSPS) is 19.1. The van der Waals surface area contributed by atoms with E-state index < -0.39 is 0 Å². The Labute approximate surface area is 120 Å². The number of carbonyl (C=O) groups is 1. The number of amides is 1. The molecule has 0 spiro atoms. The maximum atomic E-state index is 11.6. The van der Waals surface area contributed by atoms with Gasteiger partial charge in [-0.1, -0.05) is 36.9 Å². The first-order valence-electron chi connectivity index (χ1n) is 7.02. The van der Waals surface area contributed by atoms with Gasteiger partial charge in [0.05, 0.1) is 19.3 Å². The predicted molar refractivity (Wildman–Crippen MR) is 79.4 cm³/mol. The first-order chi connectivity index (χ1) is 9.72. The fourth-order valence-electron chi connectivity index (χ4n) is 2.68. The lowest BCUT2D eigenvalue weighted by Crippen LogP contribution is -2.48. The summed E-state index contributed by atoms with van der Waals surface area (Å²) in [6.07, 6.45) is 1.32. The molecular formula is C16H22N2O2. The maximum Gasteiger partial charge on any atom is 0.243 e. The second-order valence-electron chi connectivity index (χ2n) is 5.01. The number of nitrogens with zero attached hydrogens (tertiary/aromatic N) is 1. The van der Waals surface area contributed by atoms with E-state index in [0.29, 0.717) is 0 Å². The monoisotopic (exact) mass is 274 g/mol. The van der Waals surface area contributed by atoms with Crippen LogP contribution in [0.1, 0.15) is 18.5 Å². The molecule has 1 aromatic carbocycles. The van der Waals surface area contributed by atoms with E-state index >= 15 is 0 Å². The van der Waals surface area contributed by atoms with Crippen LogP contribution >= 0.6 is 0 Å². The van der Waals surface area contributed by atoms with Crippen molar-refractivity contribution in [3.05, 3.63) is 48.6 Å². The molecule has 2 unspecified atom stereocenters. The van der Waals surface area contributed by atoms with Crippen molar-refractivity contribution in [1.82, 2.24) is 10.2 Å². The molecule has 1 saturated heterocycles. The van der Waals surface area contributed by atoms with Crippen LogP contribution in [0.3, 0.4) is 0 Å². The van der Waals surface area contributed by atoms with E-state index in [2.05, 4.69) is 28.9 Å². The Morgan fingerprint density at radius 3 is 2.60 bits per heavy atom. The summed E-state index contributed by atoms with van der Waals surface area (Å²) in [6, 6.07) is 10.5. The van der Waals surface area contributed by atoms with Gasteiger partial charge in [-0.3, -0.25) is 9.69 Å². The standard InChI is InChI=1S/C16H22N2O2/c1-3-15(19)17-13(2)16(14-7-5-4-6-8-14)18-9-11-20-12-10-18/h3-8,13,16H,1,9-12H2,2H3,(H,17,19). The minimum atomic E-state index is -0.133. The van der Waals surface area contributed by atoms with E-state index in [1.165, 1.54) is 11.6 Å². The second kappa shape index (κ2) is 7.22. The summed E-state index contributed by atoms with van der Waals surface area (Å²) in [7, 11) is 0. The molecule has 1 aliphatic heterocycles. The third kappa shape index (κ3) is 3.68. The Hall–Kier alpha value is -1.65. The van der Waals surface area contributed by atoms with Gasteiger partial charge in [0.25, 0.3) is 0 Å². The smallest absolute Gasteiger partial charge is 0.243 e. The molecule has 0 aliphatic carbocycles. The second-order valence-corrected chi connectivity index (χ2v) is 5.01. The molecule has 0 radical (unpaired) electrons. The zero-order chi connectivity index (χ0) is 14.4. The van der Waals surface area contributed by atoms with Gasteiger partial charge < -0.3 is 10.1 Å². The zero-order valence-electron chi connectivity index (χ0n) is 11.9. The molecule has 1 fully saturated rings. The van der Waals surface area contributed by atoms with Gasteiger partial charge in [0.15, 0.2) is 0 Å². The van der Waals surface area contributed by atoms with E-state index in [0.717, 1.165) is 26.3 Å². The Balaban J connectivity index is 2.19. The molecule has 4 nitrogen and oxygen atoms in total. The first kappa shape index (κ1) is 14.8. The zero-order valence-corrected chi connectivity index (χ0v) is 11.9. The molecule has 1 amide bonds. The van der Waals surface area contributed by atoms with Gasteiger partial charge in [0.1, 0.15) is 0 Å². The van der Waals surface area contributed by atoms with Gasteiger partial charge in [0, 0.05) is 19.1 Å². The van der Waals surface area contributed by atoms with Crippen molar-refractivity contribution in [1.29, 1.82) is 0 Å². The van der Waals surface area contributed by atoms with Crippen molar-refractivity contribution in [2.24, 2.45) is 0 Å². The SMILES string of the molecule is C=CC(=O)NC(C)C(c1ccccc1)N1CCOCC1. The van der Waals surface area contributed by atoms with Gasteiger partial charge in [-0.05, 0) is 18.6 Å². The molecule has 1 aromatic rings. The molecule has 2 rings (SSSR count). The third-order valence-corrected chi connectivity index (χ3v) is 3.61. The minimum Gasteiger partial charge on any atom is -0.379 e. The first-order valence-corrected chi connectivity index (χ1v) is 7.02. The lowest BCUT2D eigenvalue weighted by atomic mass is 9.98. The van der Waals surface area contributed by atoms with E-state index in [1.807, 2.05) is 25.1 Å². The van der Waals surface area contributed by atoms with Gasteiger partial charge in [-0.15, -0.1) is 0 Å². The highest BCUT2D eigenvalue weighted by atomic mass is 16.5. The van der Waals surface area contributed by atoms with Gasteiger partial charge >= 0.3 is 0 Å². The quantitative estimate of drug-likeness (QED) is 0.832. The van der Waals surface area contributed by atoms with Gasteiger partial charge in [-0.2, -0.15) is 0 Å². The molecule has 0 aromatic heterocycles. The average Bonchev–Trinajstić information content (AvgIpc) is 2.49. The summed E-state index contributed by atoms with van der Waals surface area (Å²) in [5.41, 5.74) is 1.21. The van der Waals surface area contributed by atoms with Crippen LogP contribution in [0.4, 0.5) is 0 Å². The van der Waals surface area contributed by atoms with Gasteiger partial charge in [0.2, 0.25) is 5.91 Å². The van der Waals surface area contributed by atoms with E-state index in [1.54, 1.807) is 0 Å². The van der Waals surface area contributed by atoms with Crippen LogP contribution in [0.2, 0.25) is 0 Å². The number of rotatable bonds is 5. The van der Waals surface area contributed by atoms with Crippen molar-refractivity contribution in [2.45, 2.75) is 19.0 Å². The van der Waals surface area contributed by atoms with Crippen molar-refractivity contribution in [3.8, 4) is 0 Å². The predicted octanol–water partition coefficient (Wildman–Crippen LogP) is 1.75. The van der Waals surface area contributed by atoms with E-state index in [4.69, 9.17) is 4.74 Å². The molecular weight excluding hydrogens is 252 g/mol. The van der Waals surface area contributed by atoms with Crippen LogP contribution in [0.25, 0.3) is 0 Å². The Kier molecular flexibility index (Phi) is 5.32. The Morgan fingerprint density at radius 1 is 1.35 bits per heavy atom. The van der Waals surface area contributed by atoms with Crippen LogP contribution < -0.4 is 5.32 Å². The lowest BCUT2D eigenvalue weighted by Gasteiger charge is -2.38. The number of benzene rings is 1. The van der Waals surface area contributed by atoms with E-state index in [9.17, 15) is 4.79 Å². The highest BCUT2D eigenvalue weighted by Crippen LogP contribution is 2.25. The molecule has 4 heteroatoms. The lowest BCUT2D eigenvalue weighted by molar-refractivity contribution is -0.117. The summed E-state index contributed by atoms with van der Waals surface area (Å²) in [6.45, 7) is 8.80. The molecule has 1 aliphatic rings. The highest BCUT2D eigenvalue weighted by molar-refractivity contribution is 5.87. The summed E-state index contributed by atoms with van der Waals surface area (Å²) < 4.78 is 5.42. The summed E-state index contributed by atoms with van der Waals surface area (Å²) in [5, 5.41) is 2.99. The molecule has 20 heavy (non-hydrogen) atoms. The fourth-order valence-corrected chi connectivity index (χ4v) is 2.68. The molecule has 1 heterocycles. The van der Waals surface area contributed by atoms with Crippen LogP contribution in [-0.4, -0.2) is 43.2 Å². The third-order valence-electron chi connectivity index (χ3n) is 3.61. The largest absolute Gasteiger partial charge is 0.379 e. The Bertz CT molecular complexity index is 441. The van der Waals surface area contributed by atoms with Crippen LogP contribution in [0, 0.1) is 0 Å². The molecule has 2 atom stereocenters. The fraction of sp³-hybridized carbons (Fsp3) is 0.438. The molecule has 0 bridgehead atoms. The number of carbonyl (C=O) groups excluding carboxylic acids is 1. The average molecular weight is 274 g/mol. The number of hydrogen-bond donors (Lipinski definition) is 1.